The Morgan fingerprint density at radius 2 is 1.83 bits per heavy atom. The summed E-state index contributed by atoms with van der Waals surface area (Å²) in [5, 5.41) is 16.5. The predicted molar refractivity (Wildman–Crippen MR) is 97.1 cm³/mol. The minimum atomic E-state index is -1.32. The number of amides is 2. The fourth-order valence-electron chi connectivity index (χ4n) is 2.32. The van der Waals surface area contributed by atoms with Gasteiger partial charge >= 0.3 is 11.8 Å². The van der Waals surface area contributed by atoms with Crippen LogP contribution in [0, 0.1) is 0 Å². The highest BCUT2D eigenvalue weighted by Crippen LogP contribution is 2.32. The predicted octanol–water partition coefficient (Wildman–Crippen LogP) is -0.690. The lowest BCUT2D eigenvalue weighted by atomic mass is 10.2. The summed E-state index contributed by atoms with van der Waals surface area (Å²) in [4.78, 5) is 34.0. The molecule has 2 aromatic carbocycles. The Kier molecular flexibility index (Phi) is 6.25. The number of aliphatic carboxylic acids is 1. The summed E-state index contributed by atoms with van der Waals surface area (Å²) in [7, 11) is 0. The third kappa shape index (κ3) is 5.70. The van der Waals surface area contributed by atoms with Crippen LogP contribution in [-0.2, 0) is 20.9 Å². The molecule has 0 aromatic heterocycles. The summed E-state index contributed by atoms with van der Waals surface area (Å²) in [6.07, 6.45) is 1.32. The molecule has 29 heavy (non-hydrogen) atoms. The largest absolute Gasteiger partial charge is 0.546 e. The second kappa shape index (κ2) is 9.22. The molecule has 10 nitrogen and oxygen atoms in total. The standard InChI is InChI=1S/C19H17N3O7/c23-17(24)10-27-14-4-1-12(2-5-14)9-21-22-19(26)18(25)20-8-13-3-6-15-16(7-13)29-11-28-15/h1-7,9H,8,10-11H2,(H,20,25)(H,22,26)(H,23,24)/p-1/b21-9-. The summed E-state index contributed by atoms with van der Waals surface area (Å²) >= 11 is 0. The summed E-state index contributed by atoms with van der Waals surface area (Å²) in [6.45, 7) is -0.258. The monoisotopic (exact) mass is 398 g/mol. The van der Waals surface area contributed by atoms with Crippen molar-refractivity contribution in [1.82, 2.24) is 10.7 Å². The van der Waals surface area contributed by atoms with Crippen molar-refractivity contribution >= 4 is 24.0 Å². The van der Waals surface area contributed by atoms with Gasteiger partial charge in [0.2, 0.25) is 6.79 Å². The zero-order chi connectivity index (χ0) is 20.6. The number of carbonyl (C=O) groups excluding carboxylic acids is 3. The van der Waals surface area contributed by atoms with Gasteiger partial charge in [-0.25, -0.2) is 5.43 Å². The average Bonchev–Trinajstić information content (AvgIpc) is 3.19. The number of nitrogens with one attached hydrogen (secondary N) is 2. The molecule has 1 heterocycles. The number of fused-ring (bicyclic) bond motifs is 1. The highest BCUT2D eigenvalue weighted by Gasteiger charge is 2.15. The molecule has 2 amide bonds. The van der Waals surface area contributed by atoms with Gasteiger partial charge in [-0.1, -0.05) is 6.07 Å². The number of ether oxygens (including phenoxy) is 3. The van der Waals surface area contributed by atoms with E-state index in [2.05, 4.69) is 15.8 Å². The Hall–Kier alpha value is -4.08. The van der Waals surface area contributed by atoms with Crippen LogP contribution in [0.15, 0.2) is 47.6 Å². The first kappa shape index (κ1) is 19.7. The van der Waals surface area contributed by atoms with E-state index in [1.807, 2.05) is 0 Å². The van der Waals surface area contributed by atoms with E-state index >= 15 is 0 Å². The highest BCUT2D eigenvalue weighted by atomic mass is 16.7. The maximum absolute atomic E-state index is 11.8. The van der Waals surface area contributed by atoms with Crippen molar-refractivity contribution in [3.63, 3.8) is 0 Å². The number of carboxylic acids is 1. The second-order valence-electron chi connectivity index (χ2n) is 5.80. The van der Waals surface area contributed by atoms with Gasteiger partial charge in [0.05, 0.1) is 12.2 Å². The highest BCUT2D eigenvalue weighted by molar-refractivity contribution is 6.35. The van der Waals surface area contributed by atoms with Crippen molar-refractivity contribution in [2.24, 2.45) is 5.10 Å². The second-order valence-corrected chi connectivity index (χ2v) is 5.80. The zero-order valence-electron chi connectivity index (χ0n) is 15.0. The number of carboxylic acid groups (broad SMARTS) is 1. The molecule has 0 aliphatic carbocycles. The fraction of sp³-hybridized carbons (Fsp3) is 0.158. The van der Waals surface area contributed by atoms with Crippen molar-refractivity contribution in [3.05, 3.63) is 53.6 Å². The Morgan fingerprint density at radius 3 is 2.59 bits per heavy atom. The minimum absolute atomic E-state index is 0.139. The number of rotatable bonds is 7. The summed E-state index contributed by atoms with van der Waals surface area (Å²) in [5.41, 5.74) is 3.47. The van der Waals surface area contributed by atoms with Crippen molar-refractivity contribution < 1.29 is 33.7 Å². The van der Waals surface area contributed by atoms with Gasteiger partial charge in [0.25, 0.3) is 0 Å². The number of hydrogen-bond acceptors (Lipinski definition) is 8. The van der Waals surface area contributed by atoms with E-state index < -0.39 is 24.4 Å². The van der Waals surface area contributed by atoms with Crippen LogP contribution in [-0.4, -0.2) is 37.4 Å². The number of hydrazone groups is 1. The molecule has 0 radical (unpaired) electrons. The van der Waals surface area contributed by atoms with Crippen LogP contribution >= 0.6 is 0 Å². The summed E-state index contributed by atoms with van der Waals surface area (Å²) < 4.78 is 15.4. The number of hydrogen-bond donors (Lipinski definition) is 2. The molecule has 0 unspecified atom stereocenters. The molecule has 2 aromatic rings. The zero-order valence-corrected chi connectivity index (χ0v) is 15.0. The van der Waals surface area contributed by atoms with Crippen LogP contribution in [0.2, 0.25) is 0 Å². The van der Waals surface area contributed by atoms with Crippen molar-refractivity contribution in [1.29, 1.82) is 0 Å². The molecule has 10 heteroatoms. The van der Waals surface area contributed by atoms with Crippen molar-refractivity contribution in [2.75, 3.05) is 13.4 Å². The van der Waals surface area contributed by atoms with E-state index in [9.17, 15) is 19.5 Å². The van der Waals surface area contributed by atoms with E-state index in [-0.39, 0.29) is 13.3 Å². The van der Waals surface area contributed by atoms with Crippen LogP contribution in [0.5, 0.6) is 17.2 Å². The lowest BCUT2D eigenvalue weighted by Gasteiger charge is -2.06. The van der Waals surface area contributed by atoms with Crippen molar-refractivity contribution in [3.8, 4) is 17.2 Å². The van der Waals surface area contributed by atoms with E-state index in [0.717, 1.165) is 5.56 Å². The number of nitrogens with zero attached hydrogens (tertiary/aromatic N) is 1. The molecule has 0 saturated heterocycles. The quantitative estimate of drug-likeness (QED) is 0.358. The van der Waals surface area contributed by atoms with E-state index in [4.69, 9.17) is 14.2 Å². The first-order valence-corrected chi connectivity index (χ1v) is 8.44. The topological polar surface area (TPSA) is 138 Å². The van der Waals surface area contributed by atoms with Crippen molar-refractivity contribution in [2.45, 2.75) is 6.54 Å². The first-order valence-electron chi connectivity index (χ1n) is 8.44. The SMILES string of the molecule is O=C([O-])COc1ccc(/C=N\NC(=O)C(=O)NCc2ccc3c(c2)OCO3)cc1. The van der Waals surface area contributed by atoms with Crippen LogP contribution in [0.4, 0.5) is 0 Å². The van der Waals surface area contributed by atoms with Gasteiger partial charge in [0, 0.05) is 6.54 Å². The van der Waals surface area contributed by atoms with Crippen LogP contribution in [0.25, 0.3) is 0 Å². The molecule has 0 spiro atoms. The molecule has 1 aliphatic heterocycles. The van der Waals surface area contributed by atoms with E-state index in [0.29, 0.717) is 22.8 Å². The Morgan fingerprint density at radius 1 is 1.07 bits per heavy atom. The normalized spacial score (nSPS) is 11.9. The fourth-order valence-corrected chi connectivity index (χ4v) is 2.32. The maximum Gasteiger partial charge on any atom is 0.329 e. The molecular formula is C19H16N3O7-. The maximum atomic E-state index is 11.8. The number of carbonyl (C=O) groups is 3. The molecule has 0 fully saturated rings. The van der Waals surface area contributed by atoms with Crippen LogP contribution in [0.3, 0.4) is 0 Å². The minimum Gasteiger partial charge on any atom is -0.546 e. The van der Waals surface area contributed by atoms with E-state index in [1.165, 1.54) is 18.3 Å². The summed E-state index contributed by atoms with van der Waals surface area (Å²) in [6, 6.07) is 11.5. The molecule has 2 N–H and O–H groups in total. The van der Waals surface area contributed by atoms with Gasteiger partial charge < -0.3 is 29.4 Å². The first-order chi connectivity index (χ1) is 14.0. The van der Waals surface area contributed by atoms with Gasteiger partial charge in [0.15, 0.2) is 11.5 Å². The molecular weight excluding hydrogens is 382 g/mol. The Bertz CT molecular complexity index is 941. The number of benzene rings is 2. The molecule has 0 saturated carbocycles. The third-order valence-electron chi connectivity index (χ3n) is 3.71. The van der Waals surface area contributed by atoms with Gasteiger partial charge in [0.1, 0.15) is 12.4 Å². The van der Waals surface area contributed by atoms with Gasteiger partial charge in [-0.15, -0.1) is 0 Å². The lowest BCUT2D eigenvalue weighted by molar-refractivity contribution is -0.307. The molecule has 0 bridgehead atoms. The molecule has 150 valence electrons. The van der Waals surface area contributed by atoms with Crippen LogP contribution < -0.4 is 30.1 Å². The summed E-state index contributed by atoms with van der Waals surface area (Å²) in [5.74, 6) is -1.53. The third-order valence-corrected chi connectivity index (χ3v) is 3.71. The Balaban J connectivity index is 1.43. The average molecular weight is 398 g/mol. The Labute approximate surface area is 165 Å². The van der Waals surface area contributed by atoms with Gasteiger partial charge in [-0.05, 0) is 47.5 Å². The smallest absolute Gasteiger partial charge is 0.329 e. The molecule has 3 rings (SSSR count). The molecule has 0 atom stereocenters. The van der Waals surface area contributed by atoms with E-state index in [1.54, 1.807) is 30.3 Å². The molecule has 1 aliphatic rings. The van der Waals surface area contributed by atoms with Gasteiger partial charge in [-0.3, -0.25) is 9.59 Å². The van der Waals surface area contributed by atoms with Gasteiger partial charge in [-0.2, -0.15) is 5.10 Å². The lowest BCUT2D eigenvalue weighted by Crippen LogP contribution is -2.37. The van der Waals surface area contributed by atoms with Crippen LogP contribution in [0.1, 0.15) is 11.1 Å².